The zero-order valence-corrected chi connectivity index (χ0v) is 14.1. The lowest BCUT2D eigenvalue weighted by Crippen LogP contribution is -2.67. The van der Waals surface area contributed by atoms with E-state index >= 15 is 0 Å². The zero-order valence-electron chi connectivity index (χ0n) is 14.1. The smallest absolute Gasteiger partial charge is 0.217 e. The Morgan fingerprint density at radius 1 is 1.12 bits per heavy atom. The normalized spacial score (nSPS) is 29.8. The fourth-order valence-electron chi connectivity index (χ4n) is 2.84. The second-order valence-electron chi connectivity index (χ2n) is 5.95. The number of aliphatic hydroxyl groups excluding tert-OH is 1. The van der Waals surface area contributed by atoms with Gasteiger partial charge in [-0.05, 0) is 12.5 Å². The minimum atomic E-state index is -1.21. The van der Waals surface area contributed by atoms with Gasteiger partial charge in [-0.2, -0.15) is 0 Å². The van der Waals surface area contributed by atoms with Crippen LogP contribution in [0.3, 0.4) is 0 Å². The molecule has 1 fully saturated rings. The third-order valence-electron chi connectivity index (χ3n) is 3.90. The van der Waals surface area contributed by atoms with Crippen LogP contribution in [0.4, 0.5) is 0 Å². The molecule has 132 valence electrons. The molecular weight excluding hydrogens is 312 g/mol. The Bertz CT molecular complexity index is 537. The first-order valence-corrected chi connectivity index (χ1v) is 7.91. The molecule has 0 aliphatic carbocycles. The molecule has 1 heterocycles. The van der Waals surface area contributed by atoms with Crippen molar-refractivity contribution in [3.8, 4) is 0 Å². The standard InChI is InChI=1S/C17H24N2O5/c1-10-14(18-11(2)20)16(15(17(22)24-10)19-12(3)21)23-9-13-7-5-4-6-8-13/h4-8,10,14-17,22H,9H2,1-3H3,(H,18,20)(H,19,21)/t10-,14-,15+,16+,17+/m1/s1. The van der Waals surface area contributed by atoms with Crippen LogP contribution in [0.2, 0.25) is 0 Å². The van der Waals surface area contributed by atoms with Gasteiger partial charge in [0.25, 0.3) is 0 Å². The Morgan fingerprint density at radius 2 is 1.71 bits per heavy atom. The highest BCUT2D eigenvalue weighted by atomic mass is 16.6. The molecule has 7 nitrogen and oxygen atoms in total. The number of aliphatic hydroxyl groups is 1. The van der Waals surface area contributed by atoms with Gasteiger partial charge in [-0.3, -0.25) is 9.59 Å². The minimum Gasteiger partial charge on any atom is -0.369 e. The average Bonchev–Trinajstić information content (AvgIpc) is 2.51. The third-order valence-corrected chi connectivity index (χ3v) is 3.90. The number of carbonyl (C=O) groups is 2. The fraction of sp³-hybridized carbons (Fsp3) is 0.529. The molecule has 0 saturated carbocycles. The number of nitrogens with one attached hydrogen (secondary N) is 2. The van der Waals surface area contributed by atoms with Crippen molar-refractivity contribution in [2.24, 2.45) is 0 Å². The summed E-state index contributed by atoms with van der Waals surface area (Å²) in [5, 5.41) is 15.6. The molecule has 0 aromatic heterocycles. The van der Waals surface area contributed by atoms with E-state index in [1.54, 1.807) is 6.92 Å². The number of ether oxygens (including phenoxy) is 2. The molecule has 5 atom stereocenters. The van der Waals surface area contributed by atoms with E-state index in [1.165, 1.54) is 13.8 Å². The van der Waals surface area contributed by atoms with Crippen molar-refractivity contribution in [3.63, 3.8) is 0 Å². The topological polar surface area (TPSA) is 96.9 Å². The second kappa shape index (κ2) is 8.23. The molecule has 1 saturated heterocycles. The summed E-state index contributed by atoms with van der Waals surface area (Å²) in [5.74, 6) is -0.547. The molecule has 1 aliphatic heterocycles. The van der Waals surface area contributed by atoms with Gasteiger partial charge in [0.15, 0.2) is 6.29 Å². The molecule has 0 bridgehead atoms. The monoisotopic (exact) mass is 336 g/mol. The Labute approximate surface area is 141 Å². The van der Waals surface area contributed by atoms with Crippen LogP contribution < -0.4 is 10.6 Å². The summed E-state index contributed by atoms with van der Waals surface area (Å²) >= 11 is 0. The number of hydrogen-bond acceptors (Lipinski definition) is 5. The zero-order chi connectivity index (χ0) is 17.7. The molecule has 0 radical (unpaired) electrons. The predicted octanol–water partition coefficient (Wildman–Crippen LogP) is 0.318. The largest absolute Gasteiger partial charge is 0.369 e. The van der Waals surface area contributed by atoms with E-state index < -0.39 is 30.6 Å². The van der Waals surface area contributed by atoms with Crippen LogP contribution in [0.25, 0.3) is 0 Å². The van der Waals surface area contributed by atoms with Gasteiger partial charge in [0.05, 0.1) is 18.8 Å². The van der Waals surface area contributed by atoms with E-state index in [1.807, 2.05) is 30.3 Å². The summed E-state index contributed by atoms with van der Waals surface area (Å²) in [7, 11) is 0. The maximum atomic E-state index is 11.5. The van der Waals surface area contributed by atoms with E-state index in [2.05, 4.69) is 10.6 Å². The first kappa shape index (κ1) is 18.4. The summed E-state index contributed by atoms with van der Waals surface area (Å²) in [6.07, 6.45) is -2.30. The Balaban J connectivity index is 2.19. The molecule has 2 rings (SSSR count). The van der Waals surface area contributed by atoms with Crippen LogP contribution in [0.5, 0.6) is 0 Å². The van der Waals surface area contributed by atoms with Gasteiger partial charge in [0.2, 0.25) is 11.8 Å². The Hall–Kier alpha value is -1.96. The van der Waals surface area contributed by atoms with Gasteiger partial charge < -0.3 is 25.2 Å². The van der Waals surface area contributed by atoms with E-state index in [9.17, 15) is 14.7 Å². The maximum Gasteiger partial charge on any atom is 0.217 e. The van der Waals surface area contributed by atoms with E-state index in [4.69, 9.17) is 9.47 Å². The van der Waals surface area contributed by atoms with E-state index in [0.29, 0.717) is 0 Å². The van der Waals surface area contributed by atoms with Crippen LogP contribution in [0.1, 0.15) is 26.3 Å². The predicted molar refractivity (Wildman–Crippen MR) is 86.8 cm³/mol. The molecule has 3 N–H and O–H groups in total. The van der Waals surface area contributed by atoms with Gasteiger partial charge in [-0.25, -0.2) is 0 Å². The molecule has 1 aliphatic rings. The van der Waals surface area contributed by atoms with Crippen LogP contribution in [-0.2, 0) is 25.7 Å². The summed E-state index contributed by atoms with van der Waals surface area (Å²) in [5.41, 5.74) is 0.953. The van der Waals surface area contributed by atoms with E-state index in [0.717, 1.165) is 5.56 Å². The highest BCUT2D eigenvalue weighted by Crippen LogP contribution is 2.23. The Morgan fingerprint density at radius 3 is 2.29 bits per heavy atom. The van der Waals surface area contributed by atoms with Crippen molar-refractivity contribution >= 4 is 11.8 Å². The number of amides is 2. The first-order valence-electron chi connectivity index (χ1n) is 7.91. The third kappa shape index (κ3) is 4.77. The molecule has 7 heteroatoms. The lowest BCUT2D eigenvalue weighted by atomic mass is 9.94. The van der Waals surface area contributed by atoms with Crippen molar-refractivity contribution in [2.75, 3.05) is 0 Å². The summed E-state index contributed by atoms with van der Waals surface area (Å²) < 4.78 is 11.4. The highest BCUT2D eigenvalue weighted by molar-refractivity contribution is 5.74. The van der Waals surface area contributed by atoms with Crippen LogP contribution in [0.15, 0.2) is 30.3 Å². The van der Waals surface area contributed by atoms with Crippen molar-refractivity contribution in [1.29, 1.82) is 0 Å². The van der Waals surface area contributed by atoms with Crippen molar-refractivity contribution in [1.82, 2.24) is 10.6 Å². The van der Waals surface area contributed by atoms with Gasteiger partial charge in [0, 0.05) is 13.8 Å². The van der Waals surface area contributed by atoms with Crippen LogP contribution in [0, 0.1) is 0 Å². The molecule has 0 unspecified atom stereocenters. The van der Waals surface area contributed by atoms with Gasteiger partial charge in [0.1, 0.15) is 12.1 Å². The molecule has 1 aromatic carbocycles. The summed E-state index contributed by atoms with van der Waals surface area (Å²) in [6.45, 7) is 4.79. The van der Waals surface area contributed by atoms with Gasteiger partial charge >= 0.3 is 0 Å². The van der Waals surface area contributed by atoms with Gasteiger partial charge in [-0.1, -0.05) is 30.3 Å². The fourth-order valence-corrected chi connectivity index (χ4v) is 2.84. The number of carbonyl (C=O) groups excluding carboxylic acids is 2. The molecule has 2 amide bonds. The number of hydrogen-bond donors (Lipinski definition) is 3. The van der Waals surface area contributed by atoms with Gasteiger partial charge in [-0.15, -0.1) is 0 Å². The number of rotatable bonds is 5. The molecule has 1 aromatic rings. The van der Waals surface area contributed by atoms with Crippen molar-refractivity contribution < 1.29 is 24.2 Å². The second-order valence-corrected chi connectivity index (χ2v) is 5.95. The molecule has 24 heavy (non-hydrogen) atoms. The van der Waals surface area contributed by atoms with Crippen molar-refractivity contribution in [3.05, 3.63) is 35.9 Å². The minimum absolute atomic E-state index is 0.235. The van der Waals surface area contributed by atoms with Crippen LogP contribution >= 0.6 is 0 Å². The molecular formula is C17H24N2O5. The first-order chi connectivity index (χ1) is 11.4. The Kier molecular flexibility index (Phi) is 6.30. The maximum absolute atomic E-state index is 11.5. The summed E-state index contributed by atoms with van der Waals surface area (Å²) in [6, 6.07) is 8.27. The van der Waals surface area contributed by atoms with Crippen LogP contribution in [-0.4, -0.2) is 47.5 Å². The highest BCUT2D eigenvalue weighted by Gasteiger charge is 2.45. The SMILES string of the molecule is CC(=O)N[C@H]1[C@H](OCc2ccccc2)[C@H](NC(C)=O)[C@@H](O)O[C@@H]1C. The quantitative estimate of drug-likeness (QED) is 0.719. The van der Waals surface area contributed by atoms with Crippen molar-refractivity contribution in [2.45, 2.75) is 58.0 Å². The average molecular weight is 336 g/mol. The lowest BCUT2D eigenvalue weighted by molar-refractivity contribution is -0.225. The summed E-state index contributed by atoms with van der Waals surface area (Å²) in [4.78, 5) is 23.0. The van der Waals surface area contributed by atoms with E-state index in [-0.39, 0.29) is 18.4 Å². The lowest BCUT2D eigenvalue weighted by Gasteiger charge is -2.44. The molecule has 0 spiro atoms. The number of benzene rings is 1.